The molecule has 1 spiro atoms. The van der Waals surface area contributed by atoms with Gasteiger partial charge in [0.25, 0.3) is 0 Å². The molecule has 260 valence electrons. The lowest BCUT2D eigenvalue weighted by Gasteiger charge is -2.30. The summed E-state index contributed by atoms with van der Waals surface area (Å²) in [4.78, 5) is 15.8. The molecule has 2 aromatic heterocycles. The Morgan fingerprint density at radius 2 is 0.857 bits per heavy atom. The van der Waals surface area contributed by atoms with Crippen LogP contribution in [0.4, 0.5) is 0 Å². The molecule has 56 heavy (non-hydrogen) atoms. The summed E-state index contributed by atoms with van der Waals surface area (Å²) in [6.07, 6.45) is 0. The Labute approximate surface area is 324 Å². The van der Waals surface area contributed by atoms with E-state index in [2.05, 4.69) is 174 Å². The van der Waals surface area contributed by atoms with Crippen molar-refractivity contribution in [3.8, 4) is 62.1 Å². The zero-order valence-corrected chi connectivity index (χ0v) is 30.3. The van der Waals surface area contributed by atoms with E-state index in [4.69, 9.17) is 15.0 Å². The van der Waals surface area contributed by atoms with Gasteiger partial charge in [0.05, 0.1) is 16.4 Å². The first-order chi connectivity index (χ1) is 27.8. The molecule has 0 saturated carbocycles. The lowest BCUT2D eigenvalue weighted by atomic mass is 9.70. The minimum atomic E-state index is -0.432. The summed E-state index contributed by atoms with van der Waals surface area (Å²) in [6.45, 7) is 0. The molecular weight excluding hydrogens is 681 g/mol. The highest BCUT2D eigenvalue weighted by Crippen LogP contribution is 2.64. The fourth-order valence-electron chi connectivity index (χ4n) is 9.71. The summed E-state index contributed by atoms with van der Waals surface area (Å²) >= 11 is 0. The first kappa shape index (κ1) is 31.0. The maximum absolute atomic E-state index is 5.37. The quantitative estimate of drug-likeness (QED) is 0.182. The predicted octanol–water partition coefficient (Wildman–Crippen LogP) is 12.3. The van der Waals surface area contributed by atoms with E-state index >= 15 is 0 Å². The molecule has 0 fully saturated rings. The SMILES string of the molecule is c1ccc(-c2nc(-c3ccccc3-c3ccccc3)nc(-n3c4ccccc4c4c5c(ccc43)C3(c4ccccc4-c4ccccc43)c3ccccc3-5)n2)cc1. The summed E-state index contributed by atoms with van der Waals surface area (Å²) in [7, 11) is 0. The summed E-state index contributed by atoms with van der Waals surface area (Å²) in [5.74, 6) is 1.84. The van der Waals surface area contributed by atoms with Gasteiger partial charge in [-0.05, 0) is 67.8 Å². The van der Waals surface area contributed by atoms with Gasteiger partial charge in [0, 0.05) is 21.9 Å². The van der Waals surface area contributed by atoms with E-state index in [1.165, 1.54) is 55.3 Å². The Morgan fingerprint density at radius 1 is 0.339 bits per heavy atom. The Hall–Kier alpha value is -7.43. The van der Waals surface area contributed by atoms with Crippen LogP contribution in [0.3, 0.4) is 0 Å². The maximum Gasteiger partial charge on any atom is 0.238 e. The fraction of sp³-hybridized carbons (Fsp3) is 0.0192. The van der Waals surface area contributed by atoms with Crippen LogP contribution in [0.25, 0.3) is 83.9 Å². The molecule has 10 aromatic rings. The molecule has 0 saturated heterocycles. The molecule has 0 amide bonds. The molecule has 0 N–H and O–H groups in total. The molecule has 0 unspecified atom stereocenters. The van der Waals surface area contributed by atoms with Crippen molar-refractivity contribution in [3.63, 3.8) is 0 Å². The van der Waals surface area contributed by atoms with Gasteiger partial charge in [-0.1, -0.05) is 182 Å². The third-order valence-corrected chi connectivity index (χ3v) is 11.9. The van der Waals surface area contributed by atoms with Crippen LogP contribution in [0.15, 0.2) is 194 Å². The van der Waals surface area contributed by atoms with Crippen molar-refractivity contribution < 1.29 is 0 Å². The summed E-state index contributed by atoms with van der Waals surface area (Å²) < 4.78 is 2.25. The summed E-state index contributed by atoms with van der Waals surface area (Å²) in [5, 5.41) is 2.37. The number of nitrogens with zero attached hydrogens (tertiary/aromatic N) is 4. The second kappa shape index (κ2) is 11.8. The smallest absolute Gasteiger partial charge is 0.238 e. The van der Waals surface area contributed by atoms with E-state index in [9.17, 15) is 0 Å². The highest BCUT2D eigenvalue weighted by atomic mass is 15.2. The molecule has 2 aliphatic rings. The van der Waals surface area contributed by atoms with Crippen molar-refractivity contribution in [2.24, 2.45) is 0 Å². The van der Waals surface area contributed by atoms with Gasteiger partial charge in [-0.15, -0.1) is 0 Å². The molecule has 4 nitrogen and oxygen atoms in total. The van der Waals surface area contributed by atoms with Gasteiger partial charge in [-0.2, -0.15) is 9.97 Å². The summed E-state index contributed by atoms with van der Waals surface area (Å²) in [6, 6.07) is 69.4. The minimum Gasteiger partial charge on any atom is -0.278 e. The monoisotopic (exact) mass is 712 g/mol. The van der Waals surface area contributed by atoms with E-state index in [0.717, 1.165) is 33.3 Å². The van der Waals surface area contributed by atoms with Crippen molar-refractivity contribution in [1.29, 1.82) is 0 Å². The molecule has 2 aliphatic carbocycles. The van der Waals surface area contributed by atoms with Gasteiger partial charge < -0.3 is 0 Å². The topological polar surface area (TPSA) is 43.6 Å². The molecule has 0 aliphatic heterocycles. The number of fused-ring (bicyclic) bond motifs is 14. The van der Waals surface area contributed by atoms with E-state index in [-0.39, 0.29) is 0 Å². The first-order valence-electron chi connectivity index (χ1n) is 19.1. The Kier molecular flexibility index (Phi) is 6.52. The number of benzene rings is 8. The van der Waals surface area contributed by atoms with Crippen molar-refractivity contribution in [1.82, 2.24) is 19.5 Å². The third-order valence-electron chi connectivity index (χ3n) is 11.9. The molecule has 12 rings (SSSR count). The normalized spacial score (nSPS) is 13.1. The van der Waals surface area contributed by atoms with Gasteiger partial charge in [-0.3, -0.25) is 4.57 Å². The van der Waals surface area contributed by atoms with E-state index in [0.29, 0.717) is 17.6 Å². The van der Waals surface area contributed by atoms with Gasteiger partial charge in [-0.25, -0.2) is 4.98 Å². The van der Waals surface area contributed by atoms with Crippen LogP contribution in [0, 0.1) is 0 Å². The van der Waals surface area contributed by atoms with E-state index in [1.807, 2.05) is 24.3 Å². The Balaban J connectivity index is 1.18. The molecular formula is C52H32N4. The second-order valence-corrected chi connectivity index (χ2v) is 14.7. The zero-order valence-electron chi connectivity index (χ0n) is 30.3. The van der Waals surface area contributed by atoms with Crippen LogP contribution >= 0.6 is 0 Å². The van der Waals surface area contributed by atoms with Gasteiger partial charge in [0.2, 0.25) is 5.95 Å². The Bertz CT molecular complexity index is 3150. The van der Waals surface area contributed by atoms with Crippen LogP contribution in [0.2, 0.25) is 0 Å². The van der Waals surface area contributed by atoms with Crippen molar-refractivity contribution in [2.75, 3.05) is 0 Å². The number of rotatable bonds is 4. The highest BCUT2D eigenvalue weighted by Gasteiger charge is 2.52. The van der Waals surface area contributed by atoms with Gasteiger partial charge in [0.1, 0.15) is 0 Å². The third kappa shape index (κ3) is 4.15. The fourth-order valence-corrected chi connectivity index (χ4v) is 9.71. The first-order valence-corrected chi connectivity index (χ1v) is 19.1. The number of hydrogen-bond donors (Lipinski definition) is 0. The predicted molar refractivity (Wildman–Crippen MR) is 227 cm³/mol. The number of hydrogen-bond acceptors (Lipinski definition) is 3. The van der Waals surface area contributed by atoms with Crippen molar-refractivity contribution >= 4 is 21.8 Å². The van der Waals surface area contributed by atoms with Gasteiger partial charge in [0.15, 0.2) is 11.6 Å². The molecule has 4 heteroatoms. The Morgan fingerprint density at radius 3 is 1.55 bits per heavy atom. The lowest BCUT2D eigenvalue weighted by Crippen LogP contribution is -2.25. The average Bonchev–Trinajstić information content (AvgIpc) is 3.89. The van der Waals surface area contributed by atoms with Crippen molar-refractivity contribution in [3.05, 3.63) is 216 Å². The lowest BCUT2D eigenvalue weighted by molar-refractivity contribution is 0.794. The summed E-state index contributed by atoms with van der Waals surface area (Å²) in [5.41, 5.74) is 16.2. The van der Waals surface area contributed by atoms with Crippen molar-refractivity contribution in [2.45, 2.75) is 5.41 Å². The van der Waals surface area contributed by atoms with Crippen LogP contribution in [-0.2, 0) is 5.41 Å². The molecule has 0 bridgehead atoms. The average molecular weight is 713 g/mol. The van der Waals surface area contributed by atoms with Gasteiger partial charge >= 0.3 is 0 Å². The standard InChI is InChI=1S/C52H32N4/c1-3-17-33(18-4-1)35-21-7-8-24-38(35)50-53-49(34-19-5-2-6-20-34)54-51(55-50)56-45-30-16-12-26-40(45)48-46(56)32-31-44-47(48)39-25-11-15-29-43(39)52(44)41-27-13-9-22-36(41)37-23-10-14-28-42(37)52/h1-32H. The molecule has 0 radical (unpaired) electrons. The molecule has 8 aromatic carbocycles. The zero-order chi connectivity index (χ0) is 36.8. The minimum absolute atomic E-state index is 0.432. The van der Waals surface area contributed by atoms with E-state index in [1.54, 1.807) is 0 Å². The van der Waals surface area contributed by atoms with Crippen LogP contribution in [0.5, 0.6) is 0 Å². The van der Waals surface area contributed by atoms with Crippen LogP contribution < -0.4 is 0 Å². The van der Waals surface area contributed by atoms with E-state index < -0.39 is 5.41 Å². The molecule has 2 heterocycles. The second-order valence-electron chi connectivity index (χ2n) is 14.7. The highest BCUT2D eigenvalue weighted by molar-refractivity contribution is 6.18. The van der Waals surface area contributed by atoms with Crippen LogP contribution in [-0.4, -0.2) is 19.5 Å². The molecule has 0 atom stereocenters. The largest absolute Gasteiger partial charge is 0.278 e. The maximum atomic E-state index is 5.37. The van der Waals surface area contributed by atoms with Crippen LogP contribution in [0.1, 0.15) is 22.3 Å². The number of aromatic nitrogens is 4. The number of para-hydroxylation sites is 1.